The van der Waals surface area contributed by atoms with Gasteiger partial charge in [0.15, 0.2) is 0 Å². The summed E-state index contributed by atoms with van der Waals surface area (Å²) < 4.78 is 23.9. The number of ether oxygens (including phenoxy) is 2. The van der Waals surface area contributed by atoms with Gasteiger partial charge in [-0.25, -0.2) is 4.39 Å². The Morgan fingerprint density at radius 3 is 2.32 bits per heavy atom. The van der Waals surface area contributed by atoms with Gasteiger partial charge in [0.2, 0.25) is 0 Å². The van der Waals surface area contributed by atoms with Crippen LogP contribution in [0.25, 0.3) is 0 Å². The number of carbonyl (C=O) groups is 1. The number of nitrogens with zero attached hydrogens (tertiary/aromatic N) is 1. The Morgan fingerprint density at radius 1 is 0.971 bits per heavy atom. The SMILES string of the molecule is COc1ccc(CN2CCC(c3ccc(CNC(=O)c4ccc(F)cc4)cc3)CC2)c(OC)c1. The normalized spacial score (nSPS) is 14.6. The van der Waals surface area contributed by atoms with Gasteiger partial charge < -0.3 is 14.8 Å². The van der Waals surface area contributed by atoms with Crippen molar-refractivity contribution in [3.05, 3.63) is 94.8 Å². The van der Waals surface area contributed by atoms with Crippen LogP contribution in [-0.4, -0.2) is 38.1 Å². The quantitative estimate of drug-likeness (QED) is 0.503. The minimum absolute atomic E-state index is 0.204. The molecule has 0 bridgehead atoms. The van der Waals surface area contributed by atoms with E-state index in [4.69, 9.17) is 9.47 Å². The van der Waals surface area contributed by atoms with Gasteiger partial charge >= 0.3 is 0 Å². The molecule has 6 heteroatoms. The zero-order chi connectivity index (χ0) is 23.9. The van der Waals surface area contributed by atoms with Gasteiger partial charge in [-0.15, -0.1) is 0 Å². The van der Waals surface area contributed by atoms with Crippen LogP contribution in [0.15, 0.2) is 66.7 Å². The molecular formula is C28H31FN2O3. The number of nitrogens with one attached hydrogen (secondary N) is 1. The zero-order valence-corrected chi connectivity index (χ0v) is 19.7. The Bertz CT molecular complexity index is 1090. The van der Waals surface area contributed by atoms with Gasteiger partial charge in [0, 0.05) is 30.3 Å². The number of amides is 1. The smallest absolute Gasteiger partial charge is 0.251 e. The summed E-state index contributed by atoms with van der Waals surface area (Å²) in [5.41, 5.74) is 4.02. The third-order valence-electron chi connectivity index (χ3n) is 6.49. The summed E-state index contributed by atoms with van der Waals surface area (Å²) in [6.07, 6.45) is 2.22. The highest BCUT2D eigenvalue weighted by Crippen LogP contribution is 2.31. The first-order valence-electron chi connectivity index (χ1n) is 11.6. The average Bonchev–Trinajstić information content (AvgIpc) is 2.88. The number of likely N-dealkylation sites (tertiary alicyclic amines) is 1. The lowest BCUT2D eigenvalue weighted by Crippen LogP contribution is -2.32. The Morgan fingerprint density at radius 2 is 1.68 bits per heavy atom. The summed E-state index contributed by atoms with van der Waals surface area (Å²) in [6.45, 7) is 3.38. The highest BCUT2D eigenvalue weighted by molar-refractivity contribution is 5.94. The summed E-state index contributed by atoms with van der Waals surface area (Å²) in [5.74, 6) is 1.65. The largest absolute Gasteiger partial charge is 0.497 e. The lowest BCUT2D eigenvalue weighted by atomic mass is 9.89. The molecule has 3 aromatic carbocycles. The molecule has 0 aromatic heterocycles. The minimum Gasteiger partial charge on any atom is -0.497 e. The van der Waals surface area contributed by atoms with Crippen molar-refractivity contribution in [2.75, 3.05) is 27.3 Å². The van der Waals surface area contributed by atoms with Gasteiger partial charge in [0.1, 0.15) is 17.3 Å². The Kier molecular flexibility index (Phi) is 7.80. The molecule has 1 aliphatic heterocycles. The maximum atomic E-state index is 13.0. The van der Waals surface area contributed by atoms with Crippen LogP contribution in [0.3, 0.4) is 0 Å². The van der Waals surface area contributed by atoms with Crippen molar-refractivity contribution in [3.63, 3.8) is 0 Å². The molecule has 34 heavy (non-hydrogen) atoms. The van der Waals surface area contributed by atoms with Crippen LogP contribution < -0.4 is 14.8 Å². The van der Waals surface area contributed by atoms with Gasteiger partial charge in [-0.05, 0) is 73.3 Å². The van der Waals surface area contributed by atoms with Crippen molar-refractivity contribution in [2.45, 2.75) is 31.8 Å². The van der Waals surface area contributed by atoms with E-state index in [9.17, 15) is 9.18 Å². The van der Waals surface area contributed by atoms with Crippen LogP contribution in [0.5, 0.6) is 11.5 Å². The van der Waals surface area contributed by atoms with Crippen molar-refractivity contribution in [1.29, 1.82) is 0 Å². The summed E-state index contributed by atoms with van der Waals surface area (Å²) in [4.78, 5) is 14.7. The second-order valence-electron chi connectivity index (χ2n) is 8.66. The number of methoxy groups -OCH3 is 2. The number of carbonyl (C=O) groups excluding carboxylic acids is 1. The zero-order valence-electron chi connectivity index (χ0n) is 19.7. The van der Waals surface area contributed by atoms with Crippen molar-refractivity contribution < 1.29 is 18.7 Å². The van der Waals surface area contributed by atoms with Crippen LogP contribution in [0.1, 0.15) is 45.8 Å². The maximum absolute atomic E-state index is 13.0. The summed E-state index contributed by atoms with van der Waals surface area (Å²) in [6, 6.07) is 20.1. The van der Waals surface area contributed by atoms with E-state index in [1.807, 2.05) is 12.1 Å². The second kappa shape index (κ2) is 11.2. The predicted octanol–water partition coefficient (Wildman–Crippen LogP) is 5.15. The number of hydrogen-bond donors (Lipinski definition) is 1. The molecule has 1 aliphatic rings. The molecule has 1 saturated heterocycles. The molecule has 1 N–H and O–H groups in total. The molecule has 0 aliphatic carbocycles. The highest BCUT2D eigenvalue weighted by Gasteiger charge is 2.21. The fraction of sp³-hybridized carbons (Fsp3) is 0.321. The first-order chi connectivity index (χ1) is 16.6. The molecule has 0 saturated carbocycles. The number of halogens is 1. The van der Waals surface area contributed by atoms with Crippen molar-refractivity contribution >= 4 is 5.91 Å². The van der Waals surface area contributed by atoms with E-state index >= 15 is 0 Å². The molecule has 5 nitrogen and oxygen atoms in total. The summed E-state index contributed by atoms with van der Waals surface area (Å²) in [5, 5.41) is 2.89. The van der Waals surface area contributed by atoms with E-state index < -0.39 is 0 Å². The van der Waals surface area contributed by atoms with Gasteiger partial charge in [0.25, 0.3) is 5.91 Å². The average molecular weight is 463 g/mol. The molecule has 0 spiro atoms. The molecule has 0 atom stereocenters. The lowest BCUT2D eigenvalue weighted by Gasteiger charge is -2.32. The topological polar surface area (TPSA) is 50.8 Å². The standard InChI is InChI=1S/C28H31FN2O3/c1-33-26-12-9-24(27(17-26)34-2)19-31-15-13-22(14-16-31)21-5-3-20(4-6-21)18-30-28(32)23-7-10-25(29)11-8-23/h3-12,17,22H,13-16,18-19H2,1-2H3,(H,30,32). The molecule has 0 unspecified atom stereocenters. The first kappa shape index (κ1) is 23.8. The Labute approximate surface area is 200 Å². The molecule has 1 fully saturated rings. The highest BCUT2D eigenvalue weighted by atomic mass is 19.1. The second-order valence-corrected chi connectivity index (χ2v) is 8.66. The van der Waals surface area contributed by atoms with Gasteiger partial charge in [-0.2, -0.15) is 0 Å². The molecule has 3 aromatic rings. The molecule has 4 rings (SSSR count). The van der Waals surface area contributed by atoms with Gasteiger partial charge in [-0.3, -0.25) is 9.69 Å². The van der Waals surface area contributed by atoms with Gasteiger partial charge in [-0.1, -0.05) is 30.3 Å². The third kappa shape index (κ3) is 5.94. The van der Waals surface area contributed by atoms with Crippen molar-refractivity contribution in [2.24, 2.45) is 0 Å². The summed E-state index contributed by atoms with van der Waals surface area (Å²) >= 11 is 0. The van der Waals surface area contributed by atoms with E-state index in [1.165, 1.54) is 35.4 Å². The molecule has 1 heterocycles. The van der Waals surface area contributed by atoms with Crippen LogP contribution in [-0.2, 0) is 13.1 Å². The predicted molar refractivity (Wildman–Crippen MR) is 131 cm³/mol. The molecule has 178 valence electrons. The number of rotatable bonds is 8. The third-order valence-corrected chi connectivity index (χ3v) is 6.49. The monoisotopic (exact) mass is 462 g/mol. The van der Waals surface area contributed by atoms with Crippen LogP contribution in [0, 0.1) is 5.82 Å². The van der Waals surface area contributed by atoms with Gasteiger partial charge in [0.05, 0.1) is 14.2 Å². The number of benzene rings is 3. The molecular weight excluding hydrogens is 431 g/mol. The lowest BCUT2D eigenvalue weighted by molar-refractivity contribution is 0.0951. The fourth-order valence-electron chi connectivity index (χ4n) is 4.44. The Balaban J connectivity index is 1.27. The van der Waals surface area contributed by atoms with Crippen LogP contribution in [0.2, 0.25) is 0 Å². The van der Waals surface area contributed by atoms with E-state index in [2.05, 4.69) is 40.5 Å². The Hall–Kier alpha value is -3.38. The van der Waals surface area contributed by atoms with E-state index in [0.29, 0.717) is 18.0 Å². The van der Waals surface area contributed by atoms with Crippen molar-refractivity contribution in [3.8, 4) is 11.5 Å². The van der Waals surface area contributed by atoms with Crippen LogP contribution >= 0.6 is 0 Å². The summed E-state index contributed by atoms with van der Waals surface area (Å²) in [7, 11) is 3.36. The minimum atomic E-state index is -0.349. The number of hydrogen-bond acceptors (Lipinski definition) is 4. The van der Waals surface area contributed by atoms with Crippen LogP contribution in [0.4, 0.5) is 4.39 Å². The van der Waals surface area contributed by atoms with Crippen molar-refractivity contribution in [1.82, 2.24) is 10.2 Å². The van der Waals surface area contributed by atoms with E-state index in [-0.39, 0.29) is 11.7 Å². The first-order valence-corrected chi connectivity index (χ1v) is 11.6. The molecule has 1 amide bonds. The number of piperidine rings is 1. The maximum Gasteiger partial charge on any atom is 0.251 e. The fourth-order valence-corrected chi connectivity index (χ4v) is 4.44. The van der Waals surface area contributed by atoms with E-state index in [0.717, 1.165) is 49.5 Å². The molecule has 0 radical (unpaired) electrons. The van der Waals surface area contributed by atoms with E-state index in [1.54, 1.807) is 14.2 Å².